The van der Waals surface area contributed by atoms with Crippen molar-refractivity contribution in [2.75, 3.05) is 13.2 Å². The number of carbonyl (C=O) groups excluding carboxylic acids is 1. The van der Waals surface area contributed by atoms with Crippen LogP contribution in [0.3, 0.4) is 0 Å². The van der Waals surface area contributed by atoms with Crippen molar-refractivity contribution in [2.45, 2.75) is 32.7 Å². The summed E-state index contributed by atoms with van der Waals surface area (Å²) in [5.74, 6) is 0.256. The molecule has 2 atom stereocenters. The molecule has 0 aromatic carbocycles. The summed E-state index contributed by atoms with van der Waals surface area (Å²) in [6.07, 6.45) is 1.05. The lowest BCUT2D eigenvalue weighted by atomic mass is 9.89. The summed E-state index contributed by atoms with van der Waals surface area (Å²) in [5.41, 5.74) is -0.448. The molecule has 0 radical (unpaired) electrons. The first-order chi connectivity index (χ1) is 5.61. The summed E-state index contributed by atoms with van der Waals surface area (Å²) >= 11 is 0. The highest BCUT2D eigenvalue weighted by atomic mass is 16.5. The molecule has 3 nitrogen and oxygen atoms in total. The highest BCUT2D eigenvalue weighted by Crippen LogP contribution is 2.26. The second kappa shape index (κ2) is 3.44. The first kappa shape index (κ1) is 9.52. The molecule has 70 valence electrons. The summed E-state index contributed by atoms with van der Waals surface area (Å²) in [6.45, 7) is 7.21. The van der Waals surface area contributed by atoms with Crippen LogP contribution >= 0.6 is 0 Å². The summed E-state index contributed by atoms with van der Waals surface area (Å²) < 4.78 is 5.00. The lowest BCUT2D eigenvalue weighted by Gasteiger charge is -2.26. The van der Waals surface area contributed by atoms with E-state index >= 15 is 0 Å². The van der Waals surface area contributed by atoms with E-state index in [2.05, 4.69) is 12.2 Å². The van der Waals surface area contributed by atoms with Gasteiger partial charge in [-0.1, -0.05) is 6.92 Å². The fraction of sp³-hybridized carbons (Fsp3) is 0.889. The van der Waals surface area contributed by atoms with E-state index in [4.69, 9.17) is 4.74 Å². The first-order valence-electron chi connectivity index (χ1n) is 4.53. The first-order valence-corrected chi connectivity index (χ1v) is 4.53. The van der Waals surface area contributed by atoms with E-state index in [0.29, 0.717) is 12.5 Å². The molecule has 1 heterocycles. The van der Waals surface area contributed by atoms with Gasteiger partial charge in [-0.2, -0.15) is 0 Å². The molecular formula is C9H17NO2. The normalized spacial score (nSPS) is 35.1. The number of rotatable bonds is 2. The number of nitrogens with one attached hydrogen (secondary N) is 1. The molecule has 1 N–H and O–H groups in total. The monoisotopic (exact) mass is 171 g/mol. The van der Waals surface area contributed by atoms with Gasteiger partial charge in [0.2, 0.25) is 0 Å². The molecule has 0 aromatic rings. The Balaban J connectivity index is 2.63. The van der Waals surface area contributed by atoms with Crippen molar-refractivity contribution in [1.82, 2.24) is 5.32 Å². The fourth-order valence-electron chi connectivity index (χ4n) is 1.57. The minimum atomic E-state index is -0.448. The quantitative estimate of drug-likeness (QED) is 0.628. The van der Waals surface area contributed by atoms with Gasteiger partial charge in [0.15, 0.2) is 0 Å². The maximum absolute atomic E-state index is 11.5. The van der Waals surface area contributed by atoms with Crippen molar-refractivity contribution < 1.29 is 9.53 Å². The average molecular weight is 171 g/mol. The maximum Gasteiger partial charge on any atom is 0.326 e. The van der Waals surface area contributed by atoms with Gasteiger partial charge in [-0.3, -0.25) is 4.79 Å². The van der Waals surface area contributed by atoms with Crippen molar-refractivity contribution in [1.29, 1.82) is 0 Å². The number of hydrogen-bond acceptors (Lipinski definition) is 3. The lowest BCUT2D eigenvalue weighted by molar-refractivity contribution is -0.151. The molecular weight excluding hydrogens is 154 g/mol. The predicted octanol–water partition coefficient (Wildman–Crippen LogP) is 0.938. The maximum atomic E-state index is 11.5. The van der Waals surface area contributed by atoms with E-state index in [0.717, 1.165) is 13.0 Å². The molecule has 0 spiro atoms. The molecule has 0 amide bonds. The minimum Gasteiger partial charge on any atom is -0.465 e. The molecule has 1 aliphatic rings. The molecule has 1 fully saturated rings. The molecule has 1 rings (SSSR count). The van der Waals surface area contributed by atoms with Crippen molar-refractivity contribution in [3.63, 3.8) is 0 Å². The van der Waals surface area contributed by atoms with Gasteiger partial charge < -0.3 is 10.1 Å². The van der Waals surface area contributed by atoms with Crippen molar-refractivity contribution in [2.24, 2.45) is 5.92 Å². The highest BCUT2D eigenvalue weighted by Gasteiger charge is 2.43. The largest absolute Gasteiger partial charge is 0.465 e. The van der Waals surface area contributed by atoms with Crippen LogP contribution in [0.15, 0.2) is 0 Å². The van der Waals surface area contributed by atoms with Gasteiger partial charge in [0.05, 0.1) is 6.61 Å². The molecule has 0 aromatic heterocycles. The smallest absolute Gasteiger partial charge is 0.326 e. The molecule has 3 heteroatoms. The van der Waals surface area contributed by atoms with Crippen LogP contribution in [-0.2, 0) is 9.53 Å². The Morgan fingerprint density at radius 1 is 1.75 bits per heavy atom. The topological polar surface area (TPSA) is 38.3 Å². The van der Waals surface area contributed by atoms with Gasteiger partial charge in [0.1, 0.15) is 5.54 Å². The van der Waals surface area contributed by atoms with Crippen molar-refractivity contribution in [3.8, 4) is 0 Å². The Hall–Kier alpha value is -0.570. The molecule has 2 unspecified atom stereocenters. The zero-order valence-electron chi connectivity index (χ0n) is 8.02. The number of hydrogen-bond donors (Lipinski definition) is 1. The third-order valence-corrected chi connectivity index (χ3v) is 2.75. The van der Waals surface area contributed by atoms with Crippen LogP contribution < -0.4 is 5.32 Å². The minimum absolute atomic E-state index is 0.116. The van der Waals surface area contributed by atoms with Gasteiger partial charge in [-0.05, 0) is 32.7 Å². The number of ether oxygens (including phenoxy) is 1. The van der Waals surface area contributed by atoms with Crippen LogP contribution in [0.1, 0.15) is 27.2 Å². The highest BCUT2D eigenvalue weighted by molar-refractivity contribution is 5.81. The van der Waals surface area contributed by atoms with E-state index < -0.39 is 5.54 Å². The second-order valence-electron chi connectivity index (χ2n) is 3.54. The zero-order chi connectivity index (χ0) is 9.19. The van der Waals surface area contributed by atoms with Gasteiger partial charge in [0.25, 0.3) is 0 Å². The molecule has 0 saturated carbocycles. The predicted molar refractivity (Wildman–Crippen MR) is 46.8 cm³/mol. The summed E-state index contributed by atoms with van der Waals surface area (Å²) in [4.78, 5) is 11.5. The van der Waals surface area contributed by atoms with Crippen LogP contribution in [0.5, 0.6) is 0 Å². The Bertz CT molecular complexity index is 181. The van der Waals surface area contributed by atoms with Gasteiger partial charge in [-0.15, -0.1) is 0 Å². The van der Waals surface area contributed by atoms with Gasteiger partial charge in [-0.25, -0.2) is 0 Å². The standard InChI is InChI=1S/C9H17NO2/c1-4-12-8(11)9(3)7(2)5-6-10-9/h7,10H,4-6H2,1-3H3. The SMILES string of the molecule is CCOC(=O)C1(C)NCCC1C. The summed E-state index contributed by atoms with van der Waals surface area (Å²) in [5, 5.41) is 3.19. The van der Waals surface area contributed by atoms with E-state index in [1.54, 1.807) is 0 Å². The van der Waals surface area contributed by atoms with Crippen LogP contribution in [0.2, 0.25) is 0 Å². The summed E-state index contributed by atoms with van der Waals surface area (Å²) in [6, 6.07) is 0. The molecule has 1 aliphatic heterocycles. The van der Waals surface area contributed by atoms with Crippen LogP contribution in [-0.4, -0.2) is 24.7 Å². The number of esters is 1. The van der Waals surface area contributed by atoms with Crippen LogP contribution in [0.25, 0.3) is 0 Å². The van der Waals surface area contributed by atoms with Gasteiger partial charge >= 0.3 is 5.97 Å². The van der Waals surface area contributed by atoms with Gasteiger partial charge in [0, 0.05) is 0 Å². The second-order valence-corrected chi connectivity index (χ2v) is 3.54. The Morgan fingerprint density at radius 2 is 2.42 bits per heavy atom. The number of carbonyl (C=O) groups is 1. The Labute approximate surface area is 73.5 Å². The molecule has 0 aliphatic carbocycles. The van der Waals surface area contributed by atoms with Crippen LogP contribution in [0.4, 0.5) is 0 Å². The fourth-order valence-corrected chi connectivity index (χ4v) is 1.57. The Kier molecular flexibility index (Phi) is 2.73. The molecule has 12 heavy (non-hydrogen) atoms. The van der Waals surface area contributed by atoms with Crippen LogP contribution in [0, 0.1) is 5.92 Å². The lowest BCUT2D eigenvalue weighted by Crippen LogP contribution is -2.49. The third-order valence-electron chi connectivity index (χ3n) is 2.75. The van der Waals surface area contributed by atoms with Crippen molar-refractivity contribution >= 4 is 5.97 Å². The van der Waals surface area contributed by atoms with E-state index in [-0.39, 0.29) is 5.97 Å². The third kappa shape index (κ3) is 1.46. The van der Waals surface area contributed by atoms with Crippen molar-refractivity contribution in [3.05, 3.63) is 0 Å². The molecule has 1 saturated heterocycles. The zero-order valence-corrected chi connectivity index (χ0v) is 8.02. The summed E-state index contributed by atoms with van der Waals surface area (Å²) in [7, 11) is 0. The Morgan fingerprint density at radius 3 is 2.83 bits per heavy atom. The van der Waals surface area contributed by atoms with E-state index in [9.17, 15) is 4.79 Å². The van der Waals surface area contributed by atoms with E-state index in [1.807, 2.05) is 13.8 Å². The average Bonchev–Trinajstić information content (AvgIpc) is 2.34. The van der Waals surface area contributed by atoms with E-state index in [1.165, 1.54) is 0 Å². The molecule has 0 bridgehead atoms.